The Morgan fingerprint density at radius 1 is 1.18 bits per heavy atom. The lowest BCUT2D eigenvalue weighted by molar-refractivity contribution is 0.365. The normalized spacial score (nSPS) is 10.6. The number of nitrogen functional groups attached to an aromatic ring is 1. The minimum Gasteiger partial charge on any atom is -0.487 e. The topological polar surface area (TPSA) is 48.1 Å². The van der Waals surface area contributed by atoms with Gasteiger partial charge in [-0.05, 0) is 11.6 Å². The molecular weight excluding hydrogens is 212 g/mol. The first-order valence-electron chi connectivity index (χ1n) is 5.40. The number of pyridine rings is 1. The molecule has 3 nitrogen and oxygen atoms in total. The second kappa shape index (κ2) is 5.70. The standard InChI is InChI=1S/C14H14N2O/c15-13-11-16-9-8-14(13)17-10-4-7-12-5-2-1-3-6-12/h1-9,11H,10,15H2/b7-4+. The van der Waals surface area contributed by atoms with Gasteiger partial charge in [0.05, 0.1) is 11.9 Å². The van der Waals surface area contributed by atoms with Crippen molar-refractivity contribution >= 4 is 11.8 Å². The van der Waals surface area contributed by atoms with E-state index in [1.807, 2.05) is 42.5 Å². The van der Waals surface area contributed by atoms with Gasteiger partial charge in [-0.2, -0.15) is 0 Å². The molecular formula is C14H14N2O. The molecule has 3 heteroatoms. The Hall–Kier alpha value is -2.29. The quantitative estimate of drug-likeness (QED) is 0.872. The average Bonchev–Trinajstić information content (AvgIpc) is 2.38. The highest BCUT2D eigenvalue weighted by molar-refractivity contribution is 5.51. The van der Waals surface area contributed by atoms with E-state index in [9.17, 15) is 0 Å². The number of nitrogens with zero attached hydrogens (tertiary/aromatic N) is 1. The Morgan fingerprint density at radius 3 is 2.76 bits per heavy atom. The minimum atomic E-state index is 0.489. The average molecular weight is 226 g/mol. The molecule has 0 aliphatic carbocycles. The number of aromatic nitrogens is 1. The molecule has 0 spiro atoms. The van der Waals surface area contributed by atoms with Crippen molar-refractivity contribution in [3.8, 4) is 5.75 Å². The van der Waals surface area contributed by atoms with E-state index in [0.717, 1.165) is 5.56 Å². The van der Waals surface area contributed by atoms with Crippen molar-refractivity contribution in [3.63, 3.8) is 0 Å². The minimum absolute atomic E-state index is 0.489. The van der Waals surface area contributed by atoms with Crippen molar-refractivity contribution in [2.45, 2.75) is 0 Å². The molecule has 1 heterocycles. The van der Waals surface area contributed by atoms with Gasteiger partial charge in [0, 0.05) is 12.3 Å². The molecule has 0 atom stereocenters. The van der Waals surface area contributed by atoms with E-state index >= 15 is 0 Å². The number of rotatable bonds is 4. The molecule has 2 N–H and O–H groups in total. The summed E-state index contributed by atoms with van der Waals surface area (Å²) in [5.74, 6) is 0.665. The number of nitrogens with two attached hydrogens (primary N) is 1. The summed E-state index contributed by atoms with van der Waals surface area (Å²) in [4.78, 5) is 3.90. The lowest BCUT2D eigenvalue weighted by Crippen LogP contribution is -1.97. The number of hydrogen-bond donors (Lipinski definition) is 1. The Bertz CT molecular complexity index is 495. The summed E-state index contributed by atoms with van der Waals surface area (Å²) in [6.07, 6.45) is 7.20. The van der Waals surface area contributed by atoms with Gasteiger partial charge in [0.15, 0.2) is 0 Å². The third kappa shape index (κ3) is 3.34. The van der Waals surface area contributed by atoms with Crippen LogP contribution in [-0.2, 0) is 0 Å². The Labute approximate surface area is 101 Å². The molecule has 0 aliphatic rings. The second-order valence-electron chi connectivity index (χ2n) is 3.54. The maximum atomic E-state index is 5.70. The molecule has 0 fully saturated rings. The van der Waals surface area contributed by atoms with Gasteiger partial charge in [-0.3, -0.25) is 4.98 Å². The zero-order chi connectivity index (χ0) is 11.9. The highest BCUT2D eigenvalue weighted by atomic mass is 16.5. The zero-order valence-electron chi connectivity index (χ0n) is 9.41. The molecule has 0 saturated heterocycles. The van der Waals surface area contributed by atoms with Crippen LogP contribution in [0.2, 0.25) is 0 Å². The van der Waals surface area contributed by atoms with E-state index in [1.54, 1.807) is 18.5 Å². The zero-order valence-corrected chi connectivity index (χ0v) is 9.41. The smallest absolute Gasteiger partial charge is 0.145 e. The van der Waals surface area contributed by atoms with Gasteiger partial charge in [-0.25, -0.2) is 0 Å². The van der Waals surface area contributed by atoms with Crippen LogP contribution in [0.5, 0.6) is 5.75 Å². The molecule has 1 aromatic carbocycles. The summed E-state index contributed by atoms with van der Waals surface area (Å²) in [5.41, 5.74) is 7.41. The van der Waals surface area contributed by atoms with Crippen molar-refractivity contribution < 1.29 is 4.74 Å². The first-order valence-corrected chi connectivity index (χ1v) is 5.40. The molecule has 0 bridgehead atoms. The molecule has 1 aromatic heterocycles. The van der Waals surface area contributed by atoms with Crippen molar-refractivity contribution in [1.82, 2.24) is 4.98 Å². The number of anilines is 1. The van der Waals surface area contributed by atoms with E-state index in [2.05, 4.69) is 4.98 Å². The fraction of sp³-hybridized carbons (Fsp3) is 0.0714. The fourth-order valence-corrected chi connectivity index (χ4v) is 1.41. The largest absolute Gasteiger partial charge is 0.487 e. The Kier molecular flexibility index (Phi) is 3.76. The van der Waals surface area contributed by atoms with E-state index in [0.29, 0.717) is 18.0 Å². The van der Waals surface area contributed by atoms with Gasteiger partial charge < -0.3 is 10.5 Å². The SMILES string of the molecule is Nc1cnccc1OC/C=C/c1ccccc1. The van der Waals surface area contributed by atoms with Crippen LogP contribution in [0.1, 0.15) is 5.56 Å². The second-order valence-corrected chi connectivity index (χ2v) is 3.54. The highest BCUT2D eigenvalue weighted by Gasteiger charge is 1.96. The third-order valence-corrected chi connectivity index (χ3v) is 2.26. The molecule has 2 rings (SSSR count). The van der Waals surface area contributed by atoms with Gasteiger partial charge in [-0.15, -0.1) is 0 Å². The van der Waals surface area contributed by atoms with Crippen LogP contribution in [0.25, 0.3) is 6.08 Å². The molecule has 17 heavy (non-hydrogen) atoms. The monoisotopic (exact) mass is 226 g/mol. The van der Waals surface area contributed by atoms with Crippen molar-refractivity contribution in [1.29, 1.82) is 0 Å². The molecule has 86 valence electrons. The van der Waals surface area contributed by atoms with Gasteiger partial charge in [0.2, 0.25) is 0 Å². The first kappa shape index (κ1) is 11.2. The first-order chi connectivity index (χ1) is 8.36. The van der Waals surface area contributed by atoms with Crippen LogP contribution in [0, 0.1) is 0 Å². The predicted molar refractivity (Wildman–Crippen MR) is 69.6 cm³/mol. The van der Waals surface area contributed by atoms with Gasteiger partial charge in [0.25, 0.3) is 0 Å². The van der Waals surface area contributed by atoms with Crippen LogP contribution in [0.4, 0.5) is 5.69 Å². The van der Waals surface area contributed by atoms with Crippen LogP contribution in [0.15, 0.2) is 54.9 Å². The van der Waals surface area contributed by atoms with Crippen molar-refractivity contribution in [2.75, 3.05) is 12.3 Å². The summed E-state index contributed by atoms with van der Waals surface area (Å²) in [6, 6.07) is 11.8. The lowest BCUT2D eigenvalue weighted by Gasteiger charge is -2.04. The molecule has 0 radical (unpaired) electrons. The maximum Gasteiger partial charge on any atom is 0.145 e. The molecule has 0 amide bonds. The Morgan fingerprint density at radius 2 is 2.00 bits per heavy atom. The molecule has 0 saturated carbocycles. The Balaban J connectivity index is 1.88. The maximum absolute atomic E-state index is 5.70. The van der Waals surface area contributed by atoms with E-state index in [1.165, 1.54) is 0 Å². The molecule has 0 unspecified atom stereocenters. The van der Waals surface area contributed by atoms with Crippen LogP contribution >= 0.6 is 0 Å². The van der Waals surface area contributed by atoms with Crippen LogP contribution in [0.3, 0.4) is 0 Å². The van der Waals surface area contributed by atoms with E-state index in [-0.39, 0.29) is 0 Å². The number of benzene rings is 1. The number of ether oxygens (including phenoxy) is 1. The van der Waals surface area contributed by atoms with Gasteiger partial charge in [0.1, 0.15) is 12.4 Å². The summed E-state index contributed by atoms with van der Waals surface area (Å²) >= 11 is 0. The number of hydrogen-bond acceptors (Lipinski definition) is 3. The molecule has 2 aromatic rings. The fourth-order valence-electron chi connectivity index (χ4n) is 1.41. The van der Waals surface area contributed by atoms with Crippen molar-refractivity contribution in [3.05, 3.63) is 60.4 Å². The summed E-state index contributed by atoms with van der Waals surface area (Å²) < 4.78 is 5.51. The highest BCUT2D eigenvalue weighted by Crippen LogP contribution is 2.18. The van der Waals surface area contributed by atoms with Crippen LogP contribution in [-0.4, -0.2) is 11.6 Å². The van der Waals surface area contributed by atoms with Gasteiger partial charge >= 0.3 is 0 Å². The summed E-state index contributed by atoms with van der Waals surface area (Å²) in [7, 11) is 0. The lowest BCUT2D eigenvalue weighted by atomic mass is 10.2. The van der Waals surface area contributed by atoms with Crippen LogP contribution < -0.4 is 10.5 Å². The van der Waals surface area contributed by atoms with Crippen molar-refractivity contribution in [2.24, 2.45) is 0 Å². The molecule has 0 aliphatic heterocycles. The predicted octanol–water partition coefficient (Wildman–Crippen LogP) is 2.76. The van der Waals surface area contributed by atoms with E-state index < -0.39 is 0 Å². The van der Waals surface area contributed by atoms with E-state index in [4.69, 9.17) is 10.5 Å². The summed E-state index contributed by atoms with van der Waals surface area (Å²) in [5, 5.41) is 0. The van der Waals surface area contributed by atoms with Gasteiger partial charge in [-0.1, -0.05) is 36.4 Å². The third-order valence-electron chi connectivity index (χ3n) is 2.26. The summed E-state index contributed by atoms with van der Waals surface area (Å²) in [6.45, 7) is 0.489.